The van der Waals surface area contributed by atoms with E-state index in [2.05, 4.69) is 39.8 Å². The van der Waals surface area contributed by atoms with E-state index in [-0.39, 0.29) is 11.8 Å². The molecule has 0 bridgehead atoms. The predicted molar refractivity (Wildman–Crippen MR) is 133 cm³/mol. The number of nitrogens with one attached hydrogen (secondary N) is 2. The van der Waals surface area contributed by atoms with Crippen LogP contribution in [0, 0.1) is 0 Å². The molecule has 0 aliphatic carbocycles. The first-order valence-corrected chi connectivity index (χ1v) is 11.8. The smallest absolute Gasteiger partial charge is 0.251 e. The van der Waals surface area contributed by atoms with Crippen molar-refractivity contribution in [2.24, 2.45) is 0 Å². The Kier molecular flexibility index (Phi) is 6.32. The monoisotopic (exact) mass is 472 g/mol. The van der Waals surface area contributed by atoms with Crippen LogP contribution in [-0.2, 0) is 24.3 Å². The largest absolute Gasteiger partial charge is 0.346 e. The van der Waals surface area contributed by atoms with Gasteiger partial charge < -0.3 is 10.2 Å². The number of likely N-dealkylation sites (tertiary alicyclic amines) is 1. The lowest BCUT2D eigenvalue weighted by Crippen LogP contribution is -2.23. The van der Waals surface area contributed by atoms with E-state index in [1.807, 2.05) is 41.3 Å². The molecular formula is C27H25ClN4O2. The summed E-state index contributed by atoms with van der Waals surface area (Å²) in [4.78, 5) is 26.5. The molecule has 2 heterocycles. The Hall–Kier alpha value is -3.64. The van der Waals surface area contributed by atoms with Crippen molar-refractivity contribution in [1.29, 1.82) is 0 Å². The molecule has 5 rings (SSSR count). The Morgan fingerprint density at radius 3 is 2.65 bits per heavy atom. The van der Waals surface area contributed by atoms with E-state index in [9.17, 15) is 9.59 Å². The molecule has 1 saturated heterocycles. The first-order valence-electron chi connectivity index (χ1n) is 11.4. The third-order valence-electron chi connectivity index (χ3n) is 6.19. The summed E-state index contributed by atoms with van der Waals surface area (Å²) in [5.74, 6) is 0.0981. The van der Waals surface area contributed by atoms with Crippen molar-refractivity contribution in [2.75, 3.05) is 6.54 Å². The molecule has 1 aliphatic heterocycles. The van der Waals surface area contributed by atoms with Gasteiger partial charge in [0.25, 0.3) is 5.91 Å². The SMILES string of the molecule is O=C(NCc1[nH]nc2ccc(Cl)cc12)c1cccc(Cc2ccc(CN3CCCC3=O)cc2)c1. The Labute approximate surface area is 202 Å². The number of rotatable bonds is 7. The number of hydrogen-bond donors (Lipinski definition) is 2. The Morgan fingerprint density at radius 2 is 1.85 bits per heavy atom. The summed E-state index contributed by atoms with van der Waals surface area (Å²) >= 11 is 6.10. The highest BCUT2D eigenvalue weighted by atomic mass is 35.5. The molecule has 0 radical (unpaired) electrons. The summed E-state index contributed by atoms with van der Waals surface area (Å²) in [5, 5.41) is 11.7. The van der Waals surface area contributed by atoms with Gasteiger partial charge in [0.15, 0.2) is 0 Å². The van der Waals surface area contributed by atoms with Crippen LogP contribution in [0.5, 0.6) is 0 Å². The number of halogens is 1. The Morgan fingerprint density at radius 1 is 1.03 bits per heavy atom. The van der Waals surface area contributed by atoms with Gasteiger partial charge in [0, 0.05) is 35.5 Å². The zero-order valence-corrected chi connectivity index (χ0v) is 19.4. The highest BCUT2D eigenvalue weighted by molar-refractivity contribution is 6.31. The first-order chi connectivity index (χ1) is 16.5. The lowest BCUT2D eigenvalue weighted by atomic mass is 10.0. The second kappa shape index (κ2) is 9.69. The van der Waals surface area contributed by atoms with Crippen LogP contribution < -0.4 is 5.32 Å². The zero-order valence-electron chi connectivity index (χ0n) is 18.7. The average molecular weight is 473 g/mol. The number of carbonyl (C=O) groups is 2. The van der Waals surface area contributed by atoms with Crippen molar-refractivity contribution in [1.82, 2.24) is 20.4 Å². The van der Waals surface area contributed by atoms with Crippen LogP contribution in [-0.4, -0.2) is 33.5 Å². The summed E-state index contributed by atoms with van der Waals surface area (Å²) in [7, 11) is 0. The van der Waals surface area contributed by atoms with E-state index >= 15 is 0 Å². The second-order valence-electron chi connectivity index (χ2n) is 8.66. The molecule has 4 aromatic rings. The lowest BCUT2D eigenvalue weighted by molar-refractivity contribution is -0.128. The fraction of sp³-hybridized carbons (Fsp3) is 0.222. The quantitative estimate of drug-likeness (QED) is 0.403. The van der Waals surface area contributed by atoms with E-state index in [1.54, 1.807) is 6.07 Å². The number of carbonyl (C=O) groups excluding carboxylic acids is 2. The van der Waals surface area contributed by atoms with E-state index in [0.29, 0.717) is 30.1 Å². The van der Waals surface area contributed by atoms with Gasteiger partial charge in [0.1, 0.15) is 0 Å². The number of aromatic amines is 1. The van der Waals surface area contributed by atoms with Gasteiger partial charge in [-0.15, -0.1) is 0 Å². The van der Waals surface area contributed by atoms with Crippen molar-refractivity contribution in [3.63, 3.8) is 0 Å². The van der Waals surface area contributed by atoms with Gasteiger partial charge in [0.05, 0.1) is 17.8 Å². The highest BCUT2D eigenvalue weighted by Crippen LogP contribution is 2.21. The molecule has 0 saturated carbocycles. The lowest BCUT2D eigenvalue weighted by Gasteiger charge is -2.15. The molecule has 6 nitrogen and oxygen atoms in total. The third kappa shape index (κ3) is 4.97. The summed E-state index contributed by atoms with van der Waals surface area (Å²) in [5.41, 5.74) is 5.61. The molecule has 0 atom stereocenters. The molecule has 3 aromatic carbocycles. The topological polar surface area (TPSA) is 78.1 Å². The highest BCUT2D eigenvalue weighted by Gasteiger charge is 2.19. The summed E-state index contributed by atoms with van der Waals surface area (Å²) in [6.45, 7) is 1.85. The number of nitrogens with zero attached hydrogens (tertiary/aromatic N) is 2. The molecule has 2 amide bonds. The minimum Gasteiger partial charge on any atom is -0.346 e. The second-order valence-corrected chi connectivity index (χ2v) is 9.10. The van der Waals surface area contributed by atoms with Gasteiger partial charge in [0.2, 0.25) is 5.91 Å². The molecule has 172 valence electrons. The van der Waals surface area contributed by atoms with Crippen LogP contribution in [0.2, 0.25) is 5.02 Å². The molecule has 0 unspecified atom stereocenters. The maximum atomic E-state index is 12.8. The van der Waals surface area contributed by atoms with Gasteiger partial charge in [-0.25, -0.2) is 0 Å². The summed E-state index contributed by atoms with van der Waals surface area (Å²) < 4.78 is 0. The summed E-state index contributed by atoms with van der Waals surface area (Å²) in [6, 6.07) is 21.5. The van der Waals surface area contributed by atoms with E-state index in [0.717, 1.165) is 52.7 Å². The minimum atomic E-state index is -0.141. The van der Waals surface area contributed by atoms with Crippen LogP contribution >= 0.6 is 11.6 Å². The first kappa shape index (κ1) is 22.2. The fourth-order valence-electron chi connectivity index (χ4n) is 4.35. The number of H-pyrrole nitrogens is 1. The molecule has 0 spiro atoms. The van der Waals surface area contributed by atoms with Gasteiger partial charge >= 0.3 is 0 Å². The molecule has 7 heteroatoms. The van der Waals surface area contributed by atoms with E-state index < -0.39 is 0 Å². The van der Waals surface area contributed by atoms with Crippen molar-refractivity contribution >= 4 is 34.3 Å². The molecular weight excluding hydrogens is 448 g/mol. The van der Waals surface area contributed by atoms with E-state index in [4.69, 9.17) is 11.6 Å². The molecule has 34 heavy (non-hydrogen) atoms. The zero-order chi connectivity index (χ0) is 23.5. The fourth-order valence-corrected chi connectivity index (χ4v) is 4.53. The normalized spacial score (nSPS) is 13.6. The number of benzene rings is 3. The number of amides is 2. The molecule has 1 aliphatic rings. The van der Waals surface area contributed by atoms with Gasteiger partial charge in [-0.2, -0.15) is 5.10 Å². The Bertz CT molecular complexity index is 1350. The number of fused-ring (bicyclic) bond motifs is 1. The maximum absolute atomic E-state index is 12.8. The van der Waals surface area contributed by atoms with Crippen LogP contribution in [0.3, 0.4) is 0 Å². The third-order valence-corrected chi connectivity index (χ3v) is 6.42. The van der Waals surface area contributed by atoms with Crippen molar-refractivity contribution in [2.45, 2.75) is 32.4 Å². The van der Waals surface area contributed by atoms with Crippen LogP contribution in [0.1, 0.15) is 45.6 Å². The molecule has 2 N–H and O–H groups in total. The molecule has 1 fully saturated rings. The van der Waals surface area contributed by atoms with Crippen molar-refractivity contribution in [3.8, 4) is 0 Å². The van der Waals surface area contributed by atoms with Crippen LogP contribution in [0.15, 0.2) is 66.7 Å². The van der Waals surface area contributed by atoms with Crippen LogP contribution in [0.4, 0.5) is 0 Å². The van der Waals surface area contributed by atoms with Crippen molar-refractivity contribution in [3.05, 3.63) is 99.7 Å². The summed E-state index contributed by atoms with van der Waals surface area (Å²) in [6.07, 6.45) is 2.34. The standard InChI is InChI=1S/C27H25ClN4O2/c28-22-10-11-24-23(15-22)25(31-30-24)16-29-27(34)21-4-1-3-20(14-21)13-18-6-8-19(9-7-18)17-32-12-2-5-26(32)33/h1,3-4,6-11,14-15H,2,5,12-13,16-17H2,(H,29,34)(H,30,31). The Balaban J connectivity index is 1.21. The number of hydrogen-bond acceptors (Lipinski definition) is 3. The minimum absolute atomic E-state index is 0.141. The predicted octanol–water partition coefficient (Wildman–Crippen LogP) is 4.86. The van der Waals surface area contributed by atoms with Crippen LogP contribution in [0.25, 0.3) is 10.9 Å². The van der Waals surface area contributed by atoms with E-state index in [1.165, 1.54) is 0 Å². The van der Waals surface area contributed by atoms with Gasteiger partial charge in [-0.3, -0.25) is 14.7 Å². The maximum Gasteiger partial charge on any atom is 0.251 e. The van der Waals surface area contributed by atoms with Crippen molar-refractivity contribution < 1.29 is 9.59 Å². The van der Waals surface area contributed by atoms with Gasteiger partial charge in [-0.05, 0) is 59.9 Å². The van der Waals surface area contributed by atoms with Gasteiger partial charge in [-0.1, -0.05) is 48.0 Å². The molecule has 1 aromatic heterocycles. The average Bonchev–Trinajstić information content (AvgIpc) is 3.44. The number of aromatic nitrogens is 2.